The molecule has 0 amide bonds. The molecule has 2 saturated heterocycles. The number of para-hydroxylation sites is 2. The van der Waals surface area contributed by atoms with Crippen LogP contribution >= 0.6 is 0 Å². The fourth-order valence-corrected chi connectivity index (χ4v) is 3.64. The average molecular weight is 374 g/mol. The molecule has 8 nitrogen and oxygen atoms in total. The van der Waals surface area contributed by atoms with Gasteiger partial charge in [0.2, 0.25) is 0 Å². The minimum absolute atomic E-state index is 0.252. The van der Waals surface area contributed by atoms with E-state index in [1.54, 1.807) is 0 Å². The van der Waals surface area contributed by atoms with E-state index >= 15 is 0 Å². The Morgan fingerprint density at radius 1 is 1.15 bits per heavy atom. The van der Waals surface area contributed by atoms with Gasteiger partial charge in [-0.05, 0) is 32.0 Å². The summed E-state index contributed by atoms with van der Waals surface area (Å²) in [4.78, 5) is 26.0. The van der Waals surface area contributed by atoms with E-state index in [2.05, 4.69) is 16.9 Å². The molecular formula is C19H22N2O6. The molecule has 0 saturated carbocycles. The third kappa shape index (κ3) is 4.85. The number of fused-ring (bicyclic) bond motifs is 3. The second-order valence-electron chi connectivity index (χ2n) is 6.72. The van der Waals surface area contributed by atoms with Crippen LogP contribution in [0.25, 0.3) is 11.1 Å². The first kappa shape index (κ1) is 18.9. The van der Waals surface area contributed by atoms with Crippen molar-refractivity contribution in [2.75, 3.05) is 7.05 Å². The fourth-order valence-electron chi connectivity index (χ4n) is 3.64. The summed E-state index contributed by atoms with van der Waals surface area (Å²) in [7, 11) is 2.23. The van der Waals surface area contributed by atoms with Gasteiger partial charge in [-0.2, -0.15) is 4.98 Å². The number of aliphatic carboxylic acids is 2. The van der Waals surface area contributed by atoms with Gasteiger partial charge in [0.15, 0.2) is 5.58 Å². The molecule has 3 heterocycles. The molecule has 0 aliphatic carbocycles. The Balaban J connectivity index is 0.000000226. The molecule has 2 aromatic rings. The van der Waals surface area contributed by atoms with Gasteiger partial charge >= 0.3 is 18.0 Å². The Hall–Kier alpha value is -2.87. The predicted molar refractivity (Wildman–Crippen MR) is 96.6 cm³/mol. The molecule has 2 aliphatic rings. The van der Waals surface area contributed by atoms with Gasteiger partial charge in [-0.15, -0.1) is 0 Å². The summed E-state index contributed by atoms with van der Waals surface area (Å²) < 4.78 is 11.6. The molecular weight excluding hydrogens is 352 g/mol. The van der Waals surface area contributed by atoms with Crippen molar-refractivity contribution < 1.29 is 29.0 Å². The van der Waals surface area contributed by atoms with Crippen LogP contribution in [0.4, 0.5) is 0 Å². The summed E-state index contributed by atoms with van der Waals surface area (Å²) in [5.41, 5.74) is 1.67. The number of oxazole rings is 1. The highest BCUT2D eigenvalue weighted by atomic mass is 16.6. The largest absolute Gasteiger partial charge is 0.478 e. The predicted octanol–water partition coefficient (Wildman–Crippen LogP) is 2.54. The summed E-state index contributed by atoms with van der Waals surface area (Å²) in [6, 6.07) is 9.14. The number of benzene rings is 1. The summed E-state index contributed by atoms with van der Waals surface area (Å²) in [6.45, 7) is 0. The monoisotopic (exact) mass is 374 g/mol. The molecule has 4 rings (SSSR count). The number of aromatic nitrogens is 1. The molecule has 2 atom stereocenters. The van der Waals surface area contributed by atoms with Crippen molar-refractivity contribution >= 4 is 23.0 Å². The van der Waals surface area contributed by atoms with E-state index in [-0.39, 0.29) is 6.10 Å². The third-order valence-electron chi connectivity index (χ3n) is 4.97. The lowest BCUT2D eigenvalue weighted by atomic mass is 10.0. The first-order valence-electron chi connectivity index (χ1n) is 8.80. The maximum atomic E-state index is 9.55. The Kier molecular flexibility index (Phi) is 5.75. The maximum absolute atomic E-state index is 9.55. The topological polar surface area (TPSA) is 113 Å². The van der Waals surface area contributed by atoms with Crippen LogP contribution in [0, 0.1) is 0 Å². The van der Waals surface area contributed by atoms with Crippen molar-refractivity contribution in [2.24, 2.45) is 0 Å². The van der Waals surface area contributed by atoms with Crippen molar-refractivity contribution in [3.8, 4) is 6.08 Å². The van der Waals surface area contributed by atoms with Crippen LogP contribution < -0.4 is 4.74 Å². The van der Waals surface area contributed by atoms with Crippen molar-refractivity contribution in [3.05, 3.63) is 36.4 Å². The zero-order valence-corrected chi connectivity index (χ0v) is 14.9. The smallest absolute Gasteiger partial charge is 0.394 e. The summed E-state index contributed by atoms with van der Waals surface area (Å²) in [6.07, 6.45) is 6.57. The van der Waals surface area contributed by atoms with Crippen LogP contribution in [0.15, 0.2) is 40.8 Å². The van der Waals surface area contributed by atoms with E-state index in [1.165, 1.54) is 12.8 Å². The second kappa shape index (κ2) is 8.22. The molecule has 0 radical (unpaired) electrons. The molecule has 144 valence electrons. The lowest BCUT2D eigenvalue weighted by molar-refractivity contribution is -0.134. The summed E-state index contributed by atoms with van der Waals surface area (Å²) >= 11 is 0. The third-order valence-corrected chi connectivity index (χ3v) is 4.97. The molecule has 2 unspecified atom stereocenters. The zero-order valence-electron chi connectivity index (χ0n) is 14.9. The van der Waals surface area contributed by atoms with Gasteiger partial charge in [0.25, 0.3) is 0 Å². The number of carboxylic acid groups (broad SMARTS) is 2. The number of carboxylic acids is 2. The molecule has 0 spiro atoms. The van der Waals surface area contributed by atoms with E-state index < -0.39 is 11.9 Å². The van der Waals surface area contributed by atoms with Gasteiger partial charge in [0.1, 0.15) is 11.6 Å². The van der Waals surface area contributed by atoms with Crippen LogP contribution in [-0.4, -0.2) is 57.3 Å². The second-order valence-corrected chi connectivity index (χ2v) is 6.72. The van der Waals surface area contributed by atoms with Crippen LogP contribution in [0.2, 0.25) is 0 Å². The molecule has 8 heteroatoms. The SMILES string of the molecule is CN1C2CCC1CC(Oc1nc3ccccc3o1)C2.O=C(O)/C=C/C(=O)O. The molecule has 1 aromatic carbocycles. The highest BCUT2D eigenvalue weighted by molar-refractivity contribution is 5.89. The Morgan fingerprint density at radius 2 is 1.74 bits per heavy atom. The minimum atomic E-state index is -1.26. The molecule has 2 aliphatic heterocycles. The van der Waals surface area contributed by atoms with Gasteiger partial charge in [0.05, 0.1) is 0 Å². The van der Waals surface area contributed by atoms with E-state index in [0.29, 0.717) is 30.3 Å². The molecule has 2 fully saturated rings. The molecule has 1 aromatic heterocycles. The normalized spacial score (nSPS) is 24.6. The van der Waals surface area contributed by atoms with Crippen LogP contribution in [0.3, 0.4) is 0 Å². The van der Waals surface area contributed by atoms with Crippen molar-refractivity contribution in [1.29, 1.82) is 0 Å². The Bertz CT molecular complexity index is 783. The van der Waals surface area contributed by atoms with Crippen LogP contribution in [0.1, 0.15) is 25.7 Å². The highest BCUT2D eigenvalue weighted by Crippen LogP contribution is 2.36. The number of nitrogens with zero attached hydrogens (tertiary/aromatic N) is 2. The lowest BCUT2D eigenvalue weighted by Gasteiger charge is -2.35. The van der Waals surface area contributed by atoms with Gasteiger partial charge in [0, 0.05) is 37.1 Å². The Morgan fingerprint density at radius 3 is 2.30 bits per heavy atom. The minimum Gasteiger partial charge on any atom is -0.478 e. The average Bonchev–Trinajstić information content (AvgIpc) is 3.10. The molecule has 27 heavy (non-hydrogen) atoms. The van der Waals surface area contributed by atoms with E-state index in [4.69, 9.17) is 19.4 Å². The first-order valence-corrected chi connectivity index (χ1v) is 8.80. The summed E-state index contributed by atoms with van der Waals surface area (Å²) in [5, 5.41) is 15.6. The van der Waals surface area contributed by atoms with E-state index in [9.17, 15) is 9.59 Å². The number of rotatable bonds is 4. The number of hydrogen-bond acceptors (Lipinski definition) is 6. The standard InChI is InChI=1S/C15H18N2O2.C4H4O4/c1-17-10-6-7-11(17)9-12(8-10)18-15-16-13-4-2-3-5-14(13)19-15;5-3(6)1-2-4(7)8/h2-5,10-12H,6-9H2,1H3;1-2H,(H,5,6)(H,7,8)/b;2-1+. The van der Waals surface area contributed by atoms with Crippen molar-refractivity contribution in [1.82, 2.24) is 9.88 Å². The Labute approximate surface area is 156 Å². The quantitative estimate of drug-likeness (QED) is 0.785. The fraction of sp³-hybridized carbons (Fsp3) is 0.421. The van der Waals surface area contributed by atoms with Gasteiger partial charge in [-0.1, -0.05) is 12.1 Å². The number of ether oxygens (including phenoxy) is 1. The number of piperidine rings is 1. The van der Waals surface area contributed by atoms with E-state index in [0.717, 1.165) is 23.9 Å². The van der Waals surface area contributed by atoms with Crippen LogP contribution in [-0.2, 0) is 9.59 Å². The van der Waals surface area contributed by atoms with Gasteiger partial charge in [-0.25, -0.2) is 9.59 Å². The van der Waals surface area contributed by atoms with Gasteiger partial charge in [-0.3, -0.25) is 0 Å². The summed E-state index contributed by atoms with van der Waals surface area (Å²) in [5.74, 6) is -2.51. The zero-order chi connectivity index (χ0) is 19.4. The van der Waals surface area contributed by atoms with E-state index in [1.807, 2.05) is 24.3 Å². The molecule has 2 N–H and O–H groups in total. The molecule has 2 bridgehead atoms. The van der Waals surface area contributed by atoms with Crippen molar-refractivity contribution in [3.63, 3.8) is 0 Å². The van der Waals surface area contributed by atoms with Crippen LogP contribution in [0.5, 0.6) is 6.08 Å². The highest BCUT2D eigenvalue weighted by Gasteiger charge is 2.39. The number of carbonyl (C=O) groups is 2. The maximum Gasteiger partial charge on any atom is 0.394 e. The van der Waals surface area contributed by atoms with Crippen molar-refractivity contribution in [2.45, 2.75) is 43.9 Å². The number of hydrogen-bond donors (Lipinski definition) is 2. The first-order chi connectivity index (χ1) is 12.9. The van der Waals surface area contributed by atoms with Gasteiger partial charge < -0.3 is 24.3 Å². The lowest BCUT2D eigenvalue weighted by Crippen LogP contribution is -2.43.